The number of carbonyl (C=O) groups excluding carboxylic acids is 1. The highest BCUT2D eigenvalue weighted by Crippen LogP contribution is 2.20. The van der Waals surface area contributed by atoms with Gasteiger partial charge >= 0.3 is 0 Å². The summed E-state index contributed by atoms with van der Waals surface area (Å²) >= 11 is 3.07. The van der Waals surface area contributed by atoms with Crippen molar-refractivity contribution in [3.05, 3.63) is 34.1 Å². The normalized spacial score (nSPS) is 11.4. The third-order valence-electron chi connectivity index (χ3n) is 3.32. The highest BCUT2D eigenvalue weighted by atomic mass is 79.9. The van der Waals surface area contributed by atoms with Crippen LogP contribution in [0.4, 0.5) is 4.39 Å². The lowest BCUT2D eigenvalue weighted by atomic mass is 9.92. The maximum Gasteiger partial charge on any atom is 0.254 e. The fourth-order valence-corrected chi connectivity index (χ4v) is 2.12. The van der Waals surface area contributed by atoms with Crippen molar-refractivity contribution < 1.29 is 9.18 Å². The van der Waals surface area contributed by atoms with Crippen LogP contribution in [0.1, 0.15) is 37.0 Å². The second-order valence-electron chi connectivity index (χ2n) is 4.25. The van der Waals surface area contributed by atoms with Crippen LogP contribution in [0.3, 0.4) is 0 Å². The van der Waals surface area contributed by atoms with Crippen molar-refractivity contribution in [2.75, 3.05) is 6.54 Å². The van der Waals surface area contributed by atoms with Gasteiger partial charge in [-0.2, -0.15) is 0 Å². The molecule has 0 aliphatic carbocycles. The Kier molecular flexibility index (Phi) is 5.28. The molecule has 18 heavy (non-hydrogen) atoms. The van der Waals surface area contributed by atoms with Gasteiger partial charge in [-0.25, -0.2) is 4.39 Å². The maximum atomic E-state index is 13.8. The van der Waals surface area contributed by atoms with E-state index in [0.717, 1.165) is 0 Å². The van der Waals surface area contributed by atoms with Gasteiger partial charge < -0.3 is 11.1 Å². The zero-order valence-electron chi connectivity index (χ0n) is 10.6. The SMILES string of the molecule is CCC(CC)(CN)NC(=O)c1cccc(Br)c1F. The van der Waals surface area contributed by atoms with Crippen LogP contribution in [0.2, 0.25) is 0 Å². The molecular formula is C13H18BrFN2O. The van der Waals surface area contributed by atoms with E-state index in [1.807, 2.05) is 13.8 Å². The Morgan fingerprint density at radius 2 is 2.06 bits per heavy atom. The third-order valence-corrected chi connectivity index (χ3v) is 3.93. The van der Waals surface area contributed by atoms with Crippen molar-refractivity contribution in [1.29, 1.82) is 0 Å². The summed E-state index contributed by atoms with van der Waals surface area (Å²) in [5.41, 5.74) is 5.27. The van der Waals surface area contributed by atoms with Crippen LogP contribution in [-0.2, 0) is 0 Å². The molecule has 3 N–H and O–H groups in total. The number of rotatable bonds is 5. The van der Waals surface area contributed by atoms with Gasteiger partial charge in [-0.1, -0.05) is 19.9 Å². The predicted octanol–water partition coefficient (Wildman–Crippen LogP) is 2.84. The third kappa shape index (κ3) is 3.09. The van der Waals surface area contributed by atoms with E-state index < -0.39 is 17.3 Å². The van der Waals surface area contributed by atoms with E-state index >= 15 is 0 Å². The van der Waals surface area contributed by atoms with Crippen LogP contribution >= 0.6 is 15.9 Å². The molecule has 0 atom stereocenters. The molecule has 0 aliphatic rings. The summed E-state index contributed by atoms with van der Waals surface area (Å²) in [7, 11) is 0. The first-order valence-corrected chi connectivity index (χ1v) is 6.75. The van der Waals surface area contributed by atoms with Crippen LogP contribution in [0.25, 0.3) is 0 Å². The Hall–Kier alpha value is -0.940. The van der Waals surface area contributed by atoms with E-state index in [9.17, 15) is 9.18 Å². The highest BCUT2D eigenvalue weighted by Gasteiger charge is 2.28. The van der Waals surface area contributed by atoms with Gasteiger partial charge in [0, 0.05) is 6.54 Å². The summed E-state index contributed by atoms with van der Waals surface area (Å²) in [5.74, 6) is -0.976. The number of nitrogens with two attached hydrogens (primary N) is 1. The van der Waals surface area contributed by atoms with E-state index in [0.29, 0.717) is 19.4 Å². The lowest BCUT2D eigenvalue weighted by Gasteiger charge is -2.31. The highest BCUT2D eigenvalue weighted by molar-refractivity contribution is 9.10. The van der Waals surface area contributed by atoms with Gasteiger partial charge in [-0.05, 0) is 40.9 Å². The van der Waals surface area contributed by atoms with E-state index in [-0.39, 0.29) is 10.0 Å². The van der Waals surface area contributed by atoms with Gasteiger partial charge in [0.1, 0.15) is 5.82 Å². The van der Waals surface area contributed by atoms with E-state index in [2.05, 4.69) is 21.2 Å². The minimum atomic E-state index is -0.548. The van der Waals surface area contributed by atoms with Gasteiger partial charge in [0.15, 0.2) is 0 Å². The molecule has 0 spiro atoms. The summed E-state index contributed by atoms with van der Waals surface area (Å²) in [6.07, 6.45) is 1.42. The second-order valence-corrected chi connectivity index (χ2v) is 5.10. The molecule has 1 aromatic carbocycles. The molecule has 100 valence electrons. The molecule has 0 unspecified atom stereocenters. The number of halogens is 2. The maximum absolute atomic E-state index is 13.8. The molecule has 0 aliphatic heterocycles. The van der Waals surface area contributed by atoms with Crippen molar-refractivity contribution in [2.24, 2.45) is 5.73 Å². The molecule has 0 radical (unpaired) electrons. The van der Waals surface area contributed by atoms with Crippen LogP contribution in [0.15, 0.2) is 22.7 Å². The zero-order chi connectivity index (χ0) is 13.8. The average Bonchev–Trinajstić information content (AvgIpc) is 2.39. The molecule has 5 heteroatoms. The summed E-state index contributed by atoms with van der Waals surface area (Å²) in [6.45, 7) is 4.24. The van der Waals surface area contributed by atoms with Crippen LogP contribution < -0.4 is 11.1 Å². The van der Waals surface area contributed by atoms with Crippen molar-refractivity contribution in [3.63, 3.8) is 0 Å². The minimum absolute atomic E-state index is 0.0316. The van der Waals surface area contributed by atoms with Gasteiger partial charge in [-0.15, -0.1) is 0 Å². The fraction of sp³-hybridized carbons (Fsp3) is 0.462. The minimum Gasteiger partial charge on any atom is -0.345 e. The molecule has 1 amide bonds. The molecular weight excluding hydrogens is 299 g/mol. The summed E-state index contributed by atoms with van der Waals surface area (Å²) < 4.78 is 14.1. The molecule has 1 aromatic rings. The van der Waals surface area contributed by atoms with Gasteiger partial charge in [0.25, 0.3) is 5.91 Å². The number of amides is 1. The first kappa shape index (κ1) is 15.1. The molecule has 0 saturated carbocycles. The Morgan fingerprint density at radius 3 is 2.56 bits per heavy atom. The van der Waals surface area contributed by atoms with E-state index in [1.165, 1.54) is 6.07 Å². The lowest BCUT2D eigenvalue weighted by Crippen LogP contribution is -2.53. The molecule has 1 rings (SSSR count). The summed E-state index contributed by atoms with van der Waals surface area (Å²) in [4.78, 5) is 12.1. The van der Waals surface area contributed by atoms with Gasteiger partial charge in [0.2, 0.25) is 0 Å². The Bertz CT molecular complexity index is 425. The Balaban J connectivity index is 2.98. The van der Waals surface area contributed by atoms with Crippen molar-refractivity contribution in [3.8, 4) is 0 Å². The predicted molar refractivity (Wildman–Crippen MR) is 73.9 cm³/mol. The molecule has 0 bridgehead atoms. The Morgan fingerprint density at radius 1 is 1.44 bits per heavy atom. The summed E-state index contributed by atoms with van der Waals surface area (Å²) in [6, 6.07) is 4.65. The van der Waals surface area contributed by atoms with Crippen molar-refractivity contribution in [2.45, 2.75) is 32.2 Å². The molecule has 0 heterocycles. The first-order chi connectivity index (χ1) is 8.49. The average molecular weight is 317 g/mol. The molecule has 0 saturated heterocycles. The monoisotopic (exact) mass is 316 g/mol. The molecule has 0 fully saturated rings. The van der Waals surface area contributed by atoms with E-state index in [1.54, 1.807) is 12.1 Å². The Labute approximate surface area is 115 Å². The molecule has 0 aromatic heterocycles. The standard InChI is InChI=1S/C13H18BrFN2O/c1-3-13(4-2,8-16)17-12(18)9-6-5-7-10(14)11(9)15/h5-7H,3-4,8,16H2,1-2H3,(H,17,18). The van der Waals surface area contributed by atoms with Gasteiger partial charge in [-0.3, -0.25) is 4.79 Å². The van der Waals surface area contributed by atoms with Crippen LogP contribution in [0, 0.1) is 5.82 Å². The van der Waals surface area contributed by atoms with Crippen LogP contribution in [-0.4, -0.2) is 18.0 Å². The smallest absolute Gasteiger partial charge is 0.254 e. The van der Waals surface area contributed by atoms with Crippen LogP contribution in [0.5, 0.6) is 0 Å². The van der Waals surface area contributed by atoms with E-state index in [4.69, 9.17) is 5.73 Å². The number of benzene rings is 1. The first-order valence-electron chi connectivity index (χ1n) is 5.96. The largest absolute Gasteiger partial charge is 0.345 e. The number of nitrogens with one attached hydrogen (secondary N) is 1. The second kappa shape index (κ2) is 6.29. The quantitative estimate of drug-likeness (QED) is 0.877. The number of hydrogen-bond acceptors (Lipinski definition) is 2. The van der Waals surface area contributed by atoms with Crippen molar-refractivity contribution in [1.82, 2.24) is 5.32 Å². The number of hydrogen-bond donors (Lipinski definition) is 2. The van der Waals surface area contributed by atoms with Crippen molar-refractivity contribution >= 4 is 21.8 Å². The molecule has 3 nitrogen and oxygen atoms in total. The zero-order valence-corrected chi connectivity index (χ0v) is 12.2. The van der Waals surface area contributed by atoms with Gasteiger partial charge in [0.05, 0.1) is 15.6 Å². The summed E-state index contributed by atoms with van der Waals surface area (Å²) in [5, 5.41) is 2.84. The fourth-order valence-electron chi connectivity index (χ4n) is 1.75. The number of carbonyl (C=O) groups is 1. The topological polar surface area (TPSA) is 55.1 Å². The lowest BCUT2D eigenvalue weighted by molar-refractivity contribution is 0.0891.